The maximum Gasteiger partial charge on any atom is 0.244 e. The van der Waals surface area contributed by atoms with E-state index in [0.717, 1.165) is 19.3 Å². The predicted octanol–water partition coefficient (Wildman–Crippen LogP) is 4.58. The highest BCUT2D eigenvalue weighted by atomic mass is 35.5. The fourth-order valence-electron chi connectivity index (χ4n) is 4.49. The molecule has 1 aliphatic carbocycles. The Balaban J connectivity index is 2.02. The van der Waals surface area contributed by atoms with Gasteiger partial charge in [-0.3, -0.25) is 0 Å². The van der Waals surface area contributed by atoms with E-state index in [-0.39, 0.29) is 26.8 Å². The molecule has 0 spiro atoms. The van der Waals surface area contributed by atoms with Crippen molar-refractivity contribution < 1.29 is 8.42 Å². The Morgan fingerprint density at radius 1 is 1.18 bits per heavy atom. The molecule has 0 unspecified atom stereocenters. The summed E-state index contributed by atoms with van der Waals surface area (Å²) in [6, 6.07) is 4.66. The molecule has 2 fully saturated rings. The van der Waals surface area contributed by atoms with Crippen molar-refractivity contribution >= 4 is 33.2 Å². The molecule has 2 atom stereocenters. The highest BCUT2D eigenvalue weighted by Gasteiger charge is 2.53. The molecule has 1 aliphatic heterocycles. The van der Waals surface area contributed by atoms with E-state index in [1.807, 2.05) is 0 Å². The molecule has 1 saturated heterocycles. The Hall–Kier alpha value is -0.290. The number of rotatable bonds is 2. The lowest BCUT2D eigenvalue weighted by molar-refractivity contribution is 0.133. The summed E-state index contributed by atoms with van der Waals surface area (Å²) in [4.78, 5) is 0.121. The van der Waals surface area contributed by atoms with Gasteiger partial charge in [0, 0.05) is 17.6 Å². The van der Waals surface area contributed by atoms with Crippen molar-refractivity contribution in [2.45, 2.75) is 51.0 Å². The topological polar surface area (TPSA) is 37.4 Å². The molecule has 122 valence electrons. The predicted molar refractivity (Wildman–Crippen MR) is 89.9 cm³/mol. The summed E-state index contributed by atoms with van der Waals surface area (Å²) in [7, 11) is -3.62. The minimum atomic E-state index is -3.62. The SMILES string of the molecule is CC1(C)C[C@@H]2C[C@](C)(CN2S(=O)(=O)c2cc(Cl)ccc2Cl)C1. The summed E-state index contributed by atoms with van der Waals surface area (Å²) in [5, 5.41) is 0.618. The van der Waals surface area contributed by atoms with Crippen molar-refractivity contribution in [1.82, 2.24) is 4.31 Å². The molecule has 0 radical (unpaired) electrons. The van der Waals surface area contributed by atoms with Crippen molar-refractivity contribution in [1.29, 1.82) is 0 Å². The van der Waals surface area contributed by atoms with Gasteiger partial charge in [-0.15, -0.1) is 0 Å². The molecule has 0 N–H and O–H groups in total. The van der Waals surface area contributed by atoms with Crippen LogP contribution in [0.1, 0.15) is 40.0 Å². The molecule has 0 aromatic heterocycles. The monoisotopic (exact) mass is 361 g/mol. The van der Waals surface area contributed by atoms with E-state index in [9.17, 15) is 8.42 Å². The molecule has 0 amide bonds. The largest absolute Gasteiger partial charge is 0.244 e. The van der Waals surface area contributed by atoms with Crippen LogP contribution in [0, 0.1) is 10.8 Å². The fraction of sp³-hybridized carbons (Fsp3) is 0.625. The first-order valence-corrected chi connectivity index (χ1v) is 9.69. The van der Waals surface area contributed by atoms with E-state index in [4.69, 9.17) is 23.2 Å². The molecule has 1 saturated carbocycles. The highest BCUT2D eigenvalue weighted by Crippen LogP contribution is 2.53. The molecule has 6 heteroatoms. The van der Waals surface area contributed by atoms with E-state index in [1.54, 1.807) is 16.4 Å². The van der Waals surface area contributed by atoms with Crippen LogP contribution < -0.4 is 0 Å². The first-order chi connectivity index (χ1) is 10.0. The van der Waals surface area contributed by atoms with E-state index in [0.29, 0.717) is 11.6 Å². The summed E-state index contributed by atoms with van der Waals surface area (Å²) < 4.78 is 27.8. The van der Waals surface area contributed by atoms with Crippen LogP contribution in [-0.2, 0) is 10.0 Å². The third-order valence-electron chi connectivity index (χ3n) is 4.85. The van der Waals surface area contributed by atoms with Gasteiger partial charge in [-0.1, -0.05) is 44.0 Å². The van der Waals surface area contributed by atoms with Crippen molar-refractivity contribution in [2.24, 2.45) is 10.8 Å². The van der Waals surface area contributed by atoms with Gasteiger partial charge in [-0.2, -0.15) is 4.31 Å². The molecule has 2 aliphatic rings. The third kappa shape index (κ3) is 2.79. The molecule has 1 heterocycles. The van der Waals surface area contributed by atoms with Gasteiger partial charge < -0.3 is 0 Å². The van der Waals surface area contributed by atoms with E-state index < -0.39 is 10.0 Å². The fourth-order valence-corrected chi connectivity index (χ4v) is 7.00. The second-order valence-electron chi connectivity index (χ2n) is 7.84. The number of sulfonamides is 1. The van der Waals surface area contributed by atoms with Gasteiger partial charge in [-0.25, -0.2) is 8.42 Å². The zero-order chi connectivity index (χ0) is 16.3. The molecule has 22 heavy (non-hydrogen) atoms. The summed E-state index contributed by atoms with van der Waals surface area (Å²) in [6.45, 7) is 7.20. The minimum absolute atomic E-state index is 0.0462. The zero-order valence-corrected chi connectivity index (χ0v) is 15.4. The average molecular weight is 362 g/mol. The Morgan fingerprint density at radius 2 is 1.86 bits per heavy atom. The molecular formula is C16H21Cl2NO2S. The Bertz CT molecular complexity index is 717. The van der Waals surface area contributed by atoms with Crippen LogP contribution in [0.25, 0.3) is 0 Å². The van der Waals surface area contributed by atoms with E-state index in [2.05, 4.69) is 20.8 Å². The standard InChI is InChI=1S/C16H21Cl2NO2S/c1-15(2)7-12-8-16(3,9-15)10-19(12)22(20,21)14-6-11(17)4-5-13(14)18/h4-6,12H,7-10H2,1-3H3/t12-,16+/m1/s1. The van der Waals surface area contributed by atoms with Gasteiger partial charge in [0.2, 0.25) is 10.0 Å². The van der Waals surface area contributed by atoms with Gasteiger partial charge in [0.15, 0.2) is 0 Å². The number of fused-ring (bicyclic) bond motifs is 2. The lowest BCUT2D eigenvalue weighted by Gasteiger charge is -2.39. The van der Waals surface area contributed by atoms with Gasteiger partial charge in [0.05, 0.1) is 5.02 Å². The van der Waals surface area contributed by atoms with Crippen molar-refractivity contribution in [3.8, 4) is 0 Å². The third-order valence-corrected chi connectivity index (χ3v) is 7.46. The van der Waals surface area contributed by atoms with Crippen LogP contribution in [0.4, 0.5) is 0 Å². The molecule has 3 rings (SSSR count). The zero-order valence-electron chi connectivity index (χ0n) is 13.1. The first kappa shape index (κ1) is 16.6. The number of benzene rings is 1. The van der Waals surface area contributed by atoms with Crippen molar-refractivity contribution in [3.05, 3.63) is 28.2 Å². The first-order valence-electron chi connectivity index (χ1n) is 7.49. The maximum absolute atomic E-state index is 13.1. The Labute approximate surface area is 142 Å². The molecular weight excluding hydrogens is 341 g/mol. The van der Waals surface area contributed by atoms with Crippen LogP contribution in [0.3, 0.4) is 0 Å². The van der Waals surface area contributed by atoms with Gasteiger partial charge in [-0.05, 0) is 48.3 Å². The van der Waals surface area contributed by atoms with Crippen molar-refractivity contribution in [3.63, 3.8) is 0 Å². The number of hydrogen-bond donors (Lipinski definition) is 0. The number of hydrogen-bond acceptors (Lipinski definition) is 2. The van der Waals surface area contributed by atoms with Gasteiger partial charge in [0.25, 0.3) is 0 Å². The van der Waals surface area contributed by atoms with Gasteiger partial charge in [0.1, 0.15) is 4.90 Å². The second kappa shape index (κ2) is 5.10. The quantitative estimate of drug-likeness (QED) is 0.772. The summed E-state index contributed by atoms with van der Waals surface area (Å²) in [6.07, 6.45) is 2.86. The molecule has 1 aromatic rings. The maximum atomic E-state index is 13.1. The summed E-state index contributed by atoms with van der Waals surface area (Å²) in [5.41, 5.74) is 0.213. The van der Waals surface area contributed by atoms with Crippen LogP contribution in [0.5, 0.6) is 0 Å². The molecule has 1 aromatic carbocycles. The Morgan fingerprint density at radius 3 is 2.55 bits per heavy atom. The lowest BCUT2D eigenvalue weighted by atomic mass is 9.65. The summed E-state index contributed by atoms with van der Waals surface area (Å²) >= 11 is 12.1. The van der Waals surface area contributed by atoms with Crippen molar-refractivity contribution in [2.75, 3.05) is 6.54 Å². The van der Waals surface area contributed by atoms with E-state index >= 15 is 0 Å². The van der Waals surface area contributed by atoms with Crippen LogP contribution in [-0.4, -0.2) is 25.3 Å². The van der Waals surface area contributed by atoms with Gasteiger partial charge >= 0.3 is 0 Å². The smallest absolute Gasteiger partial charge is 0.207 e. The lowest BCUT2D eigenvalue weighted by Crippen LogP contribution is -2.37. The second-order valence-corrected chi connectivity index (χ2v) is 10.5. The number of nitrogens with zero attached hydrogens (tertiary/aromatic N) is 1. The van der Waals surface area contributed by atoms with E-state index in [1.165, 1.54) is 6.07 Å². The normalized spacial score (nSPS) is 31.4. The average Bonchev–Trinajstić information content (AvgIpc) is 2.62. The Kier molecular flexibility index (Phi) is 3.84. The molecule has 2 bridgehead atoms. The highest BCUT2D eigenvalue weighted by molar-refractivity contribution is 7.89. The van der Waals surface area contributed by atoms with Crippen LogP contribution in [0.15, 0.2) is 23.1 Å². The molecule has 3 nitrogen and oxygen atoms in total. The van der Waals surface area contributed by atoms with Crippen LogP contribution in [0.2, 0.25) is 10.0 Å². The minimum Gasteiger partial charge on any atom is -0.207 e. The number of halogens is 2. The van der Waals surface area contributed by atoms with Crippen LogP contribution >= 0.6 is 23.2 Å². The summed E-state index contributed by atoms with van der Waals surface area (Å²) in [5.74, 6) is 0.